The van der Waals surface area contributed by atoms with Gasteiger partial charge in [0, 0.05) is 12.6 Å². The summed E-state index contributed by atoms with van der Waals surface area (Å²) >= 11 is 0. The molecule has 0 amide bonds. The molecule has 2 N–H and O–H groups in total. The molecule has 0 saturated heterocycles. The molecule has 0 aliphatic heterocycles. The maximum Gasteiger partial charge on any atom is 0.165 e. The SMILES string of the molecule is COc1cc(C(C)NCC(C)CCO)ccc1F. The van der Waals surface area contributed by atoms with E-state index in [-0.39, 0.29) is 24.2 Å². The number of rotatable bonds is 7. The van der Waals surface area contributed by atoms with Gasteiger partial charge in [0.1, 0.15) is 0 Å². The van der Waals surface area contributed by atoms with Crippen LogP contribution in [0.4, 0.5) is 4.39 Å². The van der Waals surface area contributed by atoms with Crippen LogP contribution in [-0.2, 0) is 0 Å². The van der Waals surface area contributed by atoms with Crippen molar-refractivity contribution in [3.8, 4) is 5.75 Å². The number of aliphatic hydroxyl groups excluding tert-OH is 1. The number of methoxy groups -OCH3 is 1. The van der Waals surface area contributed by atoms with Gasteiger partial charge in [0.2, 0.25) is 0 Å². The molecule has 0 radical (unpaired) electrons. The number of hydrogen-bond acceptors (Lipinski definition) is 3. The number of hydrogen-bond donors (Lipinski definition) is 2. The molecule has 1 rings (SSSR count). The predicted octanol–water partition coefficient (Wildman–Crippen LogP) is 2.50. The molecule has 0 saturated carbocycles. The van der Waals surface area contributed by atoms with Crippen LogP contribution in [0.3, 0.4) is 0 Å². The molecule has 0 fully saturated rings. The lowest BCUT2D eigenvalue weighted by atomic mass is 10.1. The fourth-order valence-electron chi connectivity index (χ4n) is 1.76. The second-order valence-corrected chi connectivity index (χ2v) is 4.64. The van der Waals surface area contributed by atoms with Gasteiger partial charge in [-0.1, -0.05) is 13.0 Å². The summed E-state index contributed by atoms with van der Waals surface area (Å²) in [5, 5.41) is 12.2. The molecular weight excluding hydrogens is 233 g/mol. The maximum atomic E-state index is 13.3. The first-order valence-corrected chi connectivity index (χ1v) is 6.26. The lowest BCUT2D eigenvalue weighted by Gasteiger charge is -2.18. The highest BCUT2D eigenvalue weighted by Crippen LogP contribution is 2.22. The van der Waals surface area contributed by atoms with E-state index in [4.69, 9.17) is 9.84 Å². The van der Waals surface area contributed by atoms with Gasteiger partial charge in [-0.3, -0.25) is 0 Å². The highest BCUT2D eigenvalue weighted by molar-refractivity contribution is 5.31. The second kappa shape index (κ2) is 7.34. The van der Waals surface area contributed by atoms with Crippen molar-refractivity contribution in [2.45, 2.75) is 26.3 Å². The van der Waals surface area contributed by atoms with Crippen LogP contribution in [0.1, 0.15) is 31.9 Å². The predicted molar refractivity (Wildman–Crippen MR) is 70.2 cm³/mol. The Kier molecular flexibility index (Phi) is 6.09. The Labute approximate surface area is 108 Å². The van der Waals surface area contributed by atoms with Crippen LogP contribution in [0.15, 0.2) is 18.2 Å². The van der Waals surface area contributed by atoms with Crippen LogP contribution >= 0.6 is 0 Å². The number of aliphatic hydroxyl groups is 1. The van der Waals surface area contributed by atoms with Crippen molar-refractivity contribution in [1.29, 1.82) is 0 Å². The van der Waals surface area contributed by atoms with Crippen molar-refractivity contribution in [2.75, 3.05) is 20.3 Å². The van der Waals surface area contributed by atoms with Crippen molar-refractivity contribution >= 4 is 0 Å². The van der Waals surface area contributed by atoms with Gasteiger partial charge in [0.15, 0.2) is 11.6 Å². The molecule has 18 heavy (non-hydrogen) atoms. The van der Waals surface area contributed by atoms with Gasteiger partial charge in [0.25, 0.3) is 0 Å². The molecule has 0 bridgehead atoms. The van der Waals surface area contributed by atoms with Gasteiger partial charge in [0.05, 0.1) is 7.11 Å². The van der Waals surface area contributed by atoms with Crippen LogP contribution in [0.25, 0.3) is 0 Å². The third-order valence-corrected chi connectivity index (χ3v) is 3.07. The van der Waals surface area contributed by atoms with E-state index in [0.717, 1.165) is 18.5 Å². The van der Waals surface area contributed by atoms with Gasteiger partial charge < -0.3 is 15.2 Å². The molecule has 2 atom stereocenters. The molecule has 0 heterocycles. The van der Waals surface area contributed by atoms with Crippen molar-refractivity contribution in [3.63, 3.8) is 0 Å². The largest absolute Gasteiger partial charge is 0.494 e. The average Bonchev–Trinajstić information content (AvgIpc) is 2.37. The molecule has 1 aromatic rings. The van der Waals surface area contributed by atoms with E-state index in [1.807, 2.05) is 6.92 Å². The minimum absolute atomic E-state index is 0.126. The topological polar surface area (TPSA) is 41.5 Å². The Hall–Kier alpha value is -1.13. The molecule has 2 unspecified atom stereocenters. The summed E-state index contributed by atoms with van der Waals surface area (Å²) in [7, 11) is 1.46. The van der Waals surface area contributed by atoms with Crippen molar-refractivity contribution in [1.82, 2.24) is 5.32 Å². The molecule has 0 aromatic heterocycles. The summed E-state index contributed by atoms with van der Waals surface area (Å²) in [6.07, 6.45) is 0.784. The fourth-order valence-corrected chi connectivity index (χ4v) is 1.76. The Morgan fingerprint density at radius 3 is 2.72 bits per heavy atom. The lowest BCUT2D eigenvalue weighted by Crippen LogP contribution is -2.25. The van der Waals surface area contributed by atoms with E-state index in [1.165, 1.54) is 13.2 Å². The summed E-state index contributed by atoms with van der Waals surface area (Å²) in [6, 6.07) is 5.01. The molecule has 0 spiro atoms. The first-order valence-electron chi connectivity index (χ1n) is 6.26. The normalized spacial score (nSPS) is 14.3. The van der Waals surface area contributed by atoms with E-state index < -0.39 is 0 Å². The Morgan fingerprint density at radius 1 is 1.39 bits per heavy atom. The standard InChI is InChI=1S/C14H22FNO2/c1-10(6-7-17)9-16-11(2)12-4-5-13(15)14(8-12)18-3/h4-5,8,10-11,16-17H,6-7,9H2,1-3H3. The van der Waals surface area contributed by atoms with Crippen LogP contribution in [0, 0.1) is 11.7 Å². The van der Waals surface area contributed by atoms with E-state index >= 15 is 0 Å². The van der Waals surface area contributed by atoms with Gasteiger partial charge in [-0.15, -0.1) is 0 Å². The van der Waals surface area contributed by atoms with Crippen molar-refractivity contribution < 1.29 is 14.2 Å². The van der Waals surface area contributed by atoms with Crippen molar-refractivity contribution in [3.05, 3.63) is 29.6 Å². The van der Waals surface area contributed by atoms with E-state index in [1.54, 1.807) is 12.1 Å². The summed E-state index contributed by atoms with van der Waals surface area (Å²) in [5.41, 5.74) is 0.990. The lowest BCUT2D eigenvalue weighted by molar-refractivity contribution is 0.258. The number of benzene rings is 1. The first kappa shape index (κ1) is 14.9. The van der Waals surface area contributed by atoms with Crippen LogP contribution in [-0.4, -0.2) is 25.4 Å². The van der Waals surface area contributed by atoms with Crippen molar-refractivity contribution in [2.24, 2.45) is 5.92 Å². The third kappa shape index (κ3) is 4.27. The fraction of sp³-hybridized carbons (Fsp3) is 0.571. The van der Waals surface area contributed by atoms with E-state index in [0.29, 0.717) is 5.92 Å². The monoisotopic (exact) mass is 255 g/mol. The number of ether oxygens (including phenoxy) is 1. The zero-order valence-electron chi connectivity index (χ0n) is 11.2. The molecule has 0 aliphatic carbocycles. The Balaban J connectivity index is 2.58. The van der Waals surface area contributed by atoms with Gasteiger partial charge >= 0.3 is 0 Å². The quantitative estimate of drug-likeness (QED) is 0.786. The molecular formula is C14H22FNO2. The molecule has 4 heteroatoms. The molecule has 3 nitrogen and oxygen atoms in total. The van der Waals surface area contributed by atoms with Gasteiger partial charge in [-0.2, -0.15) is 0 Å². The van der Waals surface area contributed by atoms with E-state index in [2.05, 4.69) is 12.2 Å². The van der Waals surface area contributed by atoms with Gasteiger partial charge in [-0.25, -0.2) is 4.39 Å². The Morgan fingerprint density at radius 2 is 2.11 bits per heavy atom. The smallest absolute Gasteiger partial charge is 0.165 e. The summed E-state index contributed by atoms with van der Waals surface area (Å²) < 4.78 is 18.2. The van der Waals surface area contributed by atoms with E-state index in [9.17, 15) is 4.39 Å². The van der Waals surface area contributed by atoms with Gasteiger partial charge in [-0.05, 0) is 43.5 Å². The summed E-state index contributed by atoms with van der Waals surface area (Å²) in [6.45, 7) is 5.14. The maximum absolute atomic E-state index is 13.3. The zero-order chi connectivity index (χ0) is 13.5. The summed E-state index contributed by atoms with van der Waals surface area (Å²) in [5.74, 6) is 0.339. The number of halogens is 1. The minimum Gasteiger partial charge on any atom is -0.494 e. The molecule has 1 aromatic carbocycles. The minimum atomic E-state index is -0.345. The van der Waals surface area contributed by atoms with Crippen LogP contribution < -0.4 is 10.1 Å². The third-order valence-electron chi connectivity index (χ3n) is 3.07. The zero-order valence-corrected chi connectivity index (χ0v) is 11.2. The highest BCUT2D eigenvalue weighted by Gasteiger charge is 2.10. The average molecular weight is 255 g/mol. The number of nitrogens with one attached hydrogen (secondary N) is 1. The summed E-state index contributed by atoms with van der Waals surface area (Å²) in [4.78, 5) is 0. The second-order valence-electron chi connectivity index (χ2n) is 4.64. The first-order chi connectivity index (χ1) is 8.58. The molecule has 0 aliphatic rings. The Bertz CT molecular complexity index is 371. The molecule has 102 valence electrons. The van der Waals surface area contributed by atoms with Crippen LogP contribution in [0.2, 0.25) is 0 Å². The van der Waals surface area contributed by atoms with Crippen LogP contribution in [0.5, 0.6) is 5.75 Å². The highest BCUT2D eigenvalue weighted by atomic mass is 19.1.